The first-order chi connectivity index (χ1) is 10.0. The van der Waals surface area contributed by atoms with Gasteiger partial charge in [-0.15, -0.1) is 0 Å². The van der Waals surface area contributed by atoms with Crippen molar-refractivity contribution in [1.82, 2.24) is 10.3 Å². The maximum Gasteiger partial charge on any atom is 0.253 e. The average molecular weight is 290 g/mol. The highest BCUT2D eigenvalue weighted by Crippen LogP contribution is 2.21. The van der Waals surface area contributed by atoms with Crippen molar-refractivity contribution in [3.05, 3.63) is 63.8 Å². The molecule has 0 aliphatic rings. The highest BCUT2D eigenvalue weighted by Gasteiger charge is 2.13. The number of nitrogens with one attached hydrogen (secondary N) is 2. The molecule has 0 saturated carbocycles. The van der Waals surface area contributed by atoms with E-state index >= 15 is 0 Å². The molecule has 1 atom stereocenters. The van der Waals surface area contributed by atoms with Crippen LogP contribution < -0.4 is 15.6 Å². The summed E-state index contributed by atoms with van der Waals surface area (Å²) in [6.45, 7) is 1.74. The summed E-state index contributed by atoms with van der Waals surface area (Å²) in [4.78, 5) is 25.4. The van der Waals surface area contributed by atoms with Gasteiger partial charge in [-0.05, 0) is 30.7 Å². The van der Waals surface area contributed by atoms with Crippen LogP contribution in [-0.2, 0) is 0 Å². The fraction of sp³-hybridized carbons (Fsp3) is 0.200. The van der Waals surface area contributed by atoms with E-state index in [2.05, 4.69) is 10.3 Å². The molecule has 0 bridgehead atoms. The third kappa shape index (κ3) is 3.47. The Labute approximate surface area is 120 Å². The molecule has 2 rings (SSSR count). The number of pyridine rings is 1. The number of halogens is 1. The molecule has 1 aromatic heterocycles. The smallest absolute Gasteiger partial charge is 0.253 e. The van der Waals surface area contributed by atoms with Crippen molar-refractivity contribution in [3.8, 4) is 5.75 Å². The second kappa shape index (κ2) is 6.21. The fourth-order valence-electron chi connectivity index (χ4n) is 1.87. The third-order valence-electron chi connectivity index (χ3n) is 3.07. The van der Waals surface area contributed by atoms with Gasteiger partial charge in [-0.2, -0.15) is 0 Å². The van der Waals surface area contributed by atoms with Crippen molar-refractivity contribution in [2.24, 2.45) is 0 Å². The Morgan fingerprint density at radius 3 is 2.67 bits per heavy atom. The Kier molecular flexibility index (Phi) is 4.37. The summed E-state index contributed by atoms with van der Waals surface area (Å²) in [6.07, 6.45) is 1.33. The predicted octanol–water partition coefficient (Wildman–Crippen LogP) is 2.01. The van der Waals surface area contributed by atoms with Crippen molar-refractivity contribution in [2.75, 3.05) is 7.11 Å². The van der Waals surface area contributed by atoms with Crippen LogP contribution in [0.4, 0.5) is 4.39 Å². The van der Waals surface area contributed by atoms with Crippen molar-refractivity contribution >= 4 is 5.91 Å². The van der Waals surface area contributed by atoms with E-state index in [0.29, 0.717) is 11.1 Å². The standard InChI is InChI=1S/C15H15FN2O3/c1-9(10-3-5-13(21-2)12(16)7-10)18-15(20)11-4-6-14(19)17-8-11/h3-9H,1-2H3,(H,17,19)(H,18,20)/t9-/m0/s1. The Morgan fingerprint density at radius 2 is 2.10 bits per heavy atom. The fourth-order valence-corrected chi connectivity index (χ4v) is 1.87. The van der Waals surface area contributed by atoms with Gasteiger partial charge in [0, 0.05) is 12.3 Å². The van der Waals surface area contributed by atoms with Gasteiger partial charge in [0.2, 0.25) is 5.56 Å². The molecule has 1 aromatic carbocycles. The van der Waals surface area contributed by atoms with Crippen molar-refractivity contribution in [3.63, 3.8) is 0 Å². The van der Waals surface area contributed by atoms with Crippen LogP contribution in [0.25, 0.3) is 0 Å². The predicted molar refractivity (Wildman–Crippen MR) is 75.9 cm³/mol. The molecular weight excluding hydrogens is 275 g/mol. The second-order valence-electron chi connectivity index (χ2n) is 4.53. The van der Waals surface area contributed by atoms with Crippen LogP contribution in [0.15, 0.2) is 41.3 Å². The molecule has 1 heterocycles. The van der Waals surface area contributed by atoms with E-state index in [-0.39, 0.29) is 23.3 Å². The van der Waals surface area contributed by atoms with Crippen LogP contribution in [-0.4, -0.2) is 18.0 Å². The summed E-state index contributed by atoms with van der Waals surface area (Å²) in [7, 11) is 1.39. The first-order valence-electron chi connectivity index (χ1n) is 6.34. The minimum atomic E-state index is -0.486. The van der Waals surface area contributed by atoms with Crippen molar-refractivity contribution in [2.45, 2.75) is 13.0 Å². The molecule has 2 aromatic rings. The number of benzene rings is 1. The molecule has 0 unspecified atom stereocenters. The number of rotatable bonds is 4. The minimum Gasteiger partial charge on any atom is -0.494 e. The molecule has 1 amide bonds. The molecular formula is C15H15FN2O3. The average Bonchev–Trinajstić information content (AvgIpc) is 2.47. The van der Waals surface area contributed by atoms with E-state index in [1.54, 1.807) is 13.0 Å². The first kappa shape index (κ1) is 14.8. The number of carbonyl (C=O) groups is 1. The summed E-state index contributed by atoms with van der Waals surface area (Å²) in [5.41, 5.74) is 0.665. The zero-order valence-electron chi connectivity index (χ0n) is 11.6. The van der Waals surface area contributed by atoms with Crippen molar-refractivity contribution in [1.29, 1.82) is 0 Å². The molecule has 0 saturated heterocycles. The molecule has 0 aliphatic heterocycles. The van der Waals surface area contributed by atoms with Gasteiger partial charge in [0.15, 0.2) is 11.6 Å². The summed E-state index contributed by atoms with van der Waals surface area (Å²) in [5.74, 6) is -0.687. The van der Waals surface area contributed by atoms with Crippen LogP contribution in [0, 0.1) is 5.82 Å². The number of ether oxygens (including phenoxy) is 1. The van der Waals surface area contributed by atoms with Gasteiger partial charge in [0.25, 0.3) is 5.91 Å². The SMILES string of the molecule is COc1ccc([C@H](C)NC(=O)c2ccc(=O)[nH]c2)cc1F. The lowest BCUT2D eigenvalue weighted by Gasteiger charge is -2.15. The molecule has 0 spiro atoms. The maximum absolute atomic E-state index is 13.6. The molecule has 5 nitrogen and oxygen atoms in total. The monoisotopic (exact) mass is 290 g/mol. The highest BCUT2D eigenvalue weighted by molar-refractivity contribution is 5.94. The summed E-state index contributed by atoms with van der Waals surface area (Å²) in [6, 6.07) is 6.82. The molecule has 0 fully saturated rings. The molecule has 110 valence electrons. The number of carbonyl (C=O) groups excluding carboxylic acids is 1. The van der Waals surface area contributed by atoms with E-state index in [9.17, 15) is 14.0 Å². The number of aromatic nitrogens is 1. The van der Waals surface area contributed by atoms with Gasteiger partial charge in [-0.1, -0.05) is 6.07 Å². The topological polar surface area (TPSA) is 71.2 Å². The Morgan fingerprint density at radius 1 is 1.33 bits per heavy atom. The number of H-pyrrole nitrogens is 1. The van der Waals surface area contributed by atoms with Gasteiger partial charge >= 0.3 is 0 Å². The summed E-state index contributed by atoms with van der Waals surface area (Å²) < 4.78 is 18.5. The normalized spacial score (nSPS) is 11.8. The molecule has 2 N–H and O–H groups in total. The molecule has 6 heteroatoms. The van der Waals surface area contributed by atoms with E-state index in [1.165, 1.54) is 37.6 Å². The van der Waals surface area contributed by atoms with E-state index in [4.69, 9.17) is 4.74 Å². The maximum atomic E-state index is 13.6. The zero-order valence-corrected chi connectivity index (χ0v) is 11.6. The Balaban J connectivity index is 2.12. The Hall–Kier alpha value is -2.63. The summed E-state index contributed by atoms with van der Waals surface area (Å²) >= 11 is 0. The van der Waals surface area contributed by atoms with Crippen LogP contribution in [0.5, 0.6) is 5.75 Å². The van der Waals surface area contributed by atoms with Gasteiger partial charge in [0.1, 0.15) is 0 Å². The summed E-state index contributed by atoms with van der Waals surface area (Å²) in [5, 5.41) is 2.73. The molecule has 0 aliphatic carbocycles. The lowest BCUT2D eigenvalue weighted by molar-refractivity contribution is 0.0939. The zero-order chi connectivity index (χ0) is 15.4. The van der Waals surface area contributed by atoms with Gasteiger partial charge in [-0.3, -0.25) is 9.59 Å². The Bertz CT molecular complexity index is 692. The lowest BCUT2D eigenvalue weighted by Crippen LogP contribution is -2.27. The number of hydrogen-bond acceptors (Lipinski definition) is 3. The van der Waals surface area contributed by atoms with Gasteiger partial charge in [-0.25, -0.2) is 4.39 Å². The quantitative estimate of drug-likeness (QED) is 0.905. The van der Waals surface area contributed by atoms with Crippen LogP contribution >= 0.6 is 0 Å². The van der Waals surface area contributed by atoms with Gasteiger partial charge in [0.05, 0.1) is 18.7 Å². The van der Waals surface area contributed by atoms with Crippen LogP contribution in [0.1, 0.15) is 28.9 Å². The van der Waals surface area contributed by atoms with Crippen LogP contribution in [0.2, 0.25) is 0 Å². The lowest BCUT2D eigenvalue weighted by atomic mass is 10.1. The first-order valence-corrected chi connectivity index (χ1v) is 6.34. The largest absolute Gasteiger partial charge is 0.494 e. The van der Waals surface area contributed by atoms with Crippen LogP contribution in [0.3, 0.4) is 0 Å². The number of aromatic amines is 1. The minimum absolute atomic E-state index is 0.151. The number of hydrogen-bond donors (Lipinski definition) is 2. The second-order valence-corrected chi connectivity index (χ2v) is 4.53. The third-order valence-corrected chi connectivity index (χ3v) is 3.07. The van der Waals surface area contributed by atoms with E-state index in [0.717, 1.165) is 0 Å². The van der Waals surface area contributed by atoms with E-state index < -0.39 is 5.82 Å². The number of methoxy groups -OCH3 is 1. The van der Waals surface area contributed by atoms with E-state index in [1.807, 2.05) is 0 Å². The van der Waals surface area contributed by atoms with Gasteiger partial charge < -0.3 is 15.0 Å². The molecule has 0 radical (unpaired) electrons. The highest BCUT2D eigenvalue weighted by atomic mass is 19.1. The van der Waals surface area contributed by atoms with Crippen molar-refractivity contribution < 1.29 is 13.9 Å². The molecule has 21 heavy (non-hydrogen) atoms. The number of amides is 1.